The van der Waals surface area contributed by atoms with Crippen molar-refractivity contribution < 1.29 is 14.6 Å². The average molecular weight is 476 g/mol. The Morgan fingerprint density at radius 2 is 1.68 bits per heavy atom. The molecule has 1 aliphatic heterocycles. The van der Waals surface area contributed by atoms with E-state index in [9.17, 15) is 4.79 Å². The minimum atomic E-state index is -0.350. The summed E-state index contributed by atoms with van der Waals surface area (Å²) in [7, 11) is 0. The van der Waals surface area contributed by atoms with Crippen LogP contribution in [0.4, 0.5) is 10.5 Å². The Balaban J connectivity index is 1.66. The Bertz CT molecular complexity index is 720. The first kappa shape index (κ1) is 26.9. The van der Waals surface area contributed by atoms with Gasteiger partial charge in [-0.3, -0.25) is 16.0 Å². The summed E-state index contributed by atoms with van der Waals surface area (Å²) in [4.78, 5) is 12.7. The Morgan fingerprint density at radius 3 is 2.32 bits per heavy atom. The smallest absolute Gasteiger partial charge is 0.321 e. The van der Waals surface area contributed by atoms with Gasteiger partial charge in [-0.05, 0) is 38.8 Å². The Morgan fingerprint density at radius 1 is 1.03 bits per heavy atom. The van der Waals surface area contributed by atoms with Crippen LogP contribution in [-0.2, 0) is 4.74 Å². The van der Waals surface area contributed by atoms with Crippen LogP contribution in [0.15, 0.2) is 24.3 Å². The fourth-order valence-electron chi connectivity index (χ4n) is 5.41. The first-order chi connectivity index (χ1) is 16.5. The third-order valence-corrected chi connectivity index (χ3v) is 7.39. The fourth-order valence-corrected chi connectivity index (χ4v) is 5.41. The Kier molecular flexibility index (Phi) is 11.1. The van der Waals surface area contributed by atoms with Gasteiger partial charge in [0.25, 0.3) is 0 Å². The highest BCUT2D eigenvalue weighted by molar-refractivity contribution is 5.89. The molecule has 0 radical (unpaired) electrons. The normalized spacial score (nSPS) is 25.6. The van der Waals surface area contributed by atoms with Gasteiger partial charge in [-0.15, -0.1) is 0 Å². The number of amides is 2. The van der Waals surface area contributed by atoms with E-state index in [1.165, 1.54) is 44.9 Å². The molecule has 0 bridgehead atoms. The number of aliphatic hydroxyl groups is 1. The summed E-state index contributed by atoms with van der Waals surface area (Å²) in [6.07, 6.45) is 11.0. The van der Waals surface area contributed by atoms with E-state index in [1.54, 1.807) is 0 Å². The summed E-state index contributed by atoms with van der Waals surface area (Å²) in [6, 6.07) is 7.77. The highest BCUT2D eigenvalue weighted by Gasteiger charge is 2.47. The van der Waals surface area contributed by atoms with Gasteiger partial charge in [0.2, 0.25) is 0 Å². The van der Waals surface area contributed by atoms with Crippen LogP contribution in [0, 0.1) is 12.3 Å². The van der Waals surface area contributed by atoms with E-state index in [4.69, 9.17) is 9.84 Å². The second-order valence-corrected chi connectivity index (χ2v) is 9.88. The third kappa shape index (κ3) is 7.92. The largest absolute Gasteiger partial charge is 0.394 e. The second-order valence-electron chi connectivity index (χ2n) is 9.88. The maximum atomic E-state index is 12.7. The van der Waals surface area contributed by atoms with Crippen LogP contribution in [-0.4, -0.2) is 56.0 Å². The number of hydrogen-bond donors (Lipinski definition) is 6. The van der Waals surface area contributed by atoms with Crippen molar-refractivity contribution in [2.45, 2.75) is 90.1 Å². The van der Waals surface area contributed by atoms with E-state index in [1.807, 2.05) is 31.2 Å². The number of carbonyl (C=O) groups excluding carboxylic acids is 1. The number of ether oxygens (including phenoxy) is 1. The first-order valence-electron chi connectivity index (χ1n) is 13.1. The van der Waals surface area contributed by atoms with E-state index >= 15 is 0 Å². The van der Waals surface area contributed by atoms with E-state index < -0.39 is 0 Å². The topological polar surface area (TPSA) is 107 Å². The minimum absolute atomic E-state index is 0.0364. The second kappa shape index (κ2) is 14.0. The number of nitrogens with one attached hydrogen (secondary N) is 5. The van der Waals surface area contributed by atoms with E-state index in [-0.39, 0.29) is 36.6 Å². The van der Waals surface area contributed by atoms with Gasteiger partial charge in [0, 0.05) is 23.7 Å². The molecule has 2 aliphatic rings. The van der Waals surface area contributed by atoms with Crippen LogP contribution < -0.4 is 26.6 Å². The lowest BCUT2D eigenvalue weighted by Gasteiger charge is -2.53. The van der Waals surface area contributed by atoms with Crippen molar-refractivity contribution in [3.8, 4) is 0 Å². The van der Waals surface area contributed by atoms with Gasteiger partial charge < -0.3 is 20.5 Å². The zero-order chi connectivity index (χ0) is 24.2. The van der Waals surface area contributed by atoms with Crippen LogP contribution in [0.2, 0.25) is 0 Å². The zero-order valence-electron chi connectivity index (χ0n) is 21.0. The highest BCUT2D eigenvalue weighted by Crippen LogP contribution is 2.40. The average Bonchev–Trinajstić information content (AvgIpc) is 2.82. The molecule has 1 spiro atoms. The number of rotatable bonds is 8. The van der Waals surface area contributed by atoms with Crippen molar-refractivity contribution >= 4 is 11.7 Å². The molecule has 1 aromatic rings. The van der Waals surface area contributed by atoms with Gasteiger partial charge >= 0.3 is 6.03 Å². The minimum Gasteiger partial charge on any atom is -0.394 e. The molecule has 0 aromatic heterocycles. The predicted octanol–water partition coefficient (Wildman–Crippen LogP) is 3.42. The van der Waals surface area contributed by atoms with Gasteiger partial charge in [-0.2, -0.15) is 0 Å². The Labute approximate surface area is 205 Å². The molecule has 1 aliphatic carbocycles. The monoisotopic (exact) mass is 475 g/mol. The molecule has 192 valence electrons. The van der Waals surface area contributed by atoms with Crippen LogP contribution in [0.1, 0.15) is 70.3 Å². The molecule has 1 saturated carbocycles. The molecule has 3 atom stereocenters. The molecule has 1 heterocycles. The van der Waals surface area contributed by atoms with Gasteiger partial charge in [-0.1, -0.05) is 62.6 Å². The van der Waals surface area contributed by atoms with Crippen LogP contribution in [0.5, 0.6) is 0 Å². The first-order valence-corrected chi connectivity index (χ1v) is 13.1. The van der Waals surface area contributed by atoms with Crippen LogP contribution >= 0.6 is 0 Å². The molecular weight excluding hydrogens is 430 g/mol. The zero-order valence-corrected chi connectivity index (χ0v) is 21.0. The molecule has 6 N–H and O–H groups in total. The van der Waals surface area contributed by atoms with Crippen molar-refractivity contribution in [2.24, 2.45) is 5.41 Å². The number of anilines is 1. The predicted molar refractivity (Wildman–Crippen MR) is 137 cm³/mol. The molecule has 3 rings (SSSR count). The number of aryl methyl sites for hydroxylation is 1. The third-order valence-electron chi connectivity index (χ3n) is 7.39. The molecule has 2 fully saturated rings. The molecule has 8 nitrogen and oxygen atoms in total. The van der Waals surface area contributed by atoms with Gasteiger partial charge in [0.15, 0.2) is 0 Å². The van der Waals surface area contributed by atoms with Crippen molar-refractivity contribution in [3.63, 3.8) is 0 Å². The van der Waals surface area contributed by atoms with E-state index in [0.29, 0.717) is 19.8 Å². The highest BCUT2D eigenvalue weighted by atomic mass is 16.5. The van der Waals surface area contributed by atoms with Crippen LogP contribution in [0.25, 0.3) is 0 Å². The fraction of sp³-hybridized carbons (Fsp3) is 0.731. The van der Waals surface area contributed by atoms with Gasteiger partial charge in [-0.25, -0.2) is 4.79 Å². The summed E-state index contributed by atoms with van der Waals surface area (Å²) in [5.74, 6) is 0. The molecular formula is C26H45N5O3. The number of urea groups is 1. The SMILES string of the molecule is Cc1ccc(NC(=O)NC2NC(C)C3(CCCCCCCCC3)C(NCCOCCO)N2)cc1. The summed E-state index contributed by atoms with van der Waals surface area (Å²) in [5.41, 5.74) is 1.98. The van der Waals surface area contributed by atoms with Crippen molar-refractivity contribution in [2.75, 3.05) is 31.7 Å². The van der Waals surface area contributed by atoms with Gasteiger partial charge in [0.05, 0.1) is 26.0 Å². The molecule has 8 heteroatoms. The van der Waals surface area contributed by atoms with Crippen molar-refractivity contribution in [3.05, 3.63) is 29.8 Å². The molecule has 34 heavy (non-hydrogen) atoms. The molecule has 3 unspecified atom stereocenters. The standard InChI is InChI=1S/C26H45N5O3/c1-20-10-12-22(13-11-20)29-25(33)31-24-28-21(2)26(14-8-6-4-3-5-7-9-15-26)23(30-24)27-16-18-34-19-17-32/h10-13,21,23-24,27-28,30,32H,3-9,14-19H2,1-2H3,(H2,29,31,33). The summed E-state index contributed by atoms with van der Waals surface area (Å²) < 4.78 is 5.49. The number of carbonyl (C=O) groups is 1. The van der Waals surface area contributed by atoms with Gasteiger partial charge in [0.1, 0.15) is 6.29 Å². The molecule has 1 saturated heterocycles. The van der Waals surface area contributed by atoms with E-state index in [2.05, 4.69) is 33.5 Å². The molecule has 1 aromatic carbocycles. The van der Waals surface area contributed by atoms with E-state index in [0.717, 1.165) is 24.1 Å². The Hall–Kier alpha value is -1.71. The number of benzene rings is 1. The summed E-state index contributed by atoms with van der Waals surface area (Å²) in [6.45, 7) is 5.91. The lowest BCUT2D eigenvalue weighted by atomic mass is 9.68. The van der Waals surface area contributed by atoms with Crippen molar-refractivity contribution in [1.82, 2.24) is 21.3 Å². The number of hydrogen-bond acceptors (Lipinski definition) is 6. The van der Waals surface area contributed by atoms with Crippen LogP contribution in [0.3, 0.4) is 0 Å². The number of aliphatic hydroxyl groups excluding tert-OH is 1. The lowest BCUT2D eigenvalue weighted by molar-refractivity contribution is 0.00858. The molecule has 2 amide bonds. The van der Waals surface area contributed by atoms with Crippen molar-refractivity contribution in [1.29, 1.82) is 0 Å². The maximum Gasteiger partial charge on any atom is 0.321 e. The quantitative estimate of drug-likeness (QED) is 0.322. The maximum absolute atomic E-state index is 12.7. The summed E-state index contributed by atoms with van der Waals surface area (Å²) in [5, 5.41) is 25.9. The lowest BCUT2D eigenvalue weighted by Crippen LogP contribution is -2.75. The summed E-state index contributed by atoms with van der Waals surface area (Å²) >= 11 is 0.